The van der Waals surface area contributed by atoms with Crippen molar-refractivity contribution in [3.8, 4) is 17.0 Å². The molecule has 0 aliphatic heterocycles. The van der Waals surface area contributed by atoms with Crippen LogP contribution in [0.3, 0.4) is 0 Å². The Bertz CT molecular complexity index is 1390. The van der Waals surface area contributed by atoms with E-state index in [9.17, 15) is 8.42 Å². The quantitative estimate of drug-likeness (QED) is 0.288. The summed E-state index contributed by atoms with van der Waals surface area (Å²) >= 11 is 0. The van der Waals surface area contributed by atoms with Crippen LogP contribution >= 0.6 is 0 Å². The van der Waals surface area contributed by atoms with Crippen molar-refractivity contribution >= 4 is 31.9 Å². The van der Waals surface area contributed by atoms with E-state index in [0.29, 0.717) is 5.88 Å². The number of aryl methyl sites for hydroxylation is 1. The van der Waals surface area contributed by atoms with Gasteiger partial charge in [0.2, 0.25) is 5.88 Å². The Morgan fingerprint density at radius 1 is 0.970 bits per heavy atom. The van der Waals surface area contributed by atoms with Crippen molar-refractivity contribution in [2.24, 2.45) is 7.05 Å². The van der Waals surface area contributed by atoms with E-state index in [1.165, 1.54) is 5.39 Å². The highest BCUT2D eigenvalue weighted by Gasteiger charge is 2.32. The number of hydrogen-bond donors (Lipinski definition) is 0. The highest BCUT2D eigenvalue weighted by atomic mass is 32.2. The van der Waals surface area contributed by atoms with Gasteiger partial charge in [-0.25, -0.2) is 4.98 Å². The lowest BCUT2D eigenvalue weighted by molar-refractivity contribution is -0.0677. The molecule has 9 heteroatoms. The van der Waals surface area contributed by atoms with Crippen molar-refractivity contribution < 1.29 is 22.1 Å². The minimum atomic E-state index is -3.42. The second kappa shape index (κ2) is 8.74. The summed E-state index contributed by atoms with van der Waals surface area (Å²) in [7, 11) is -1.35. The molecule has 0 radical (unpaired) electrons. The predicted molar refractivity (Wildman–Crippen MR) is 126 cm³/mol. The smallest absolute Gasteiger partial charge is 0.264 e. The summed E-state index contributed by atoms with van der Waals surface area (Å²) in [4.78, 5) is 8.74. The van der Waals surface area contributed by atoms with E-state index in [4.69, 9.17) is 9.47 Å². The van der Waals surface area contributed by atoms with Gasteiger partial charge in [0, 0.05) is 66.4 Å². The maximum atomic E-state index is 10.9. The fourth-order valence-electron chi connectivity index (χ4n) is 4.17. The first-order chi connectivity index (χ1) is 15.9. The summed E-state index contributed by atoms with van der Waals surface area (Å²) in [6, 6.07) is 12.3. The minimum absolute atomic E-state index is 0.0331. The van der Waals surface area contributed by atoms with Crippen molar-refractivity contribution in [3.63, 3.8) is 0 Å². The molecular weight excluding hydrogens is 442 g/mol. The van der Waals surface area contributed by atoms with Gasteiger partial charge in [-0.1, -0.05) is 12.1 Å². The van der Waals surface area contributed by atoms with Gasteiger partial charge in [0.15, 0.2) is 0 Å². The maximum Gasteiger partial charge on any atom is 0.264 e. The van der Waals surface area contributed by atoms with Crippen LogP contribution in [0, 0.1) is 0 Å². The Labute approximate surface area is 192 Å². The Kier molecular flexibility index (Phi) is 5.77. The fraction of sp³-hybridized carbons (Fsp3) is 0.333. The summed E-state index contributed by atoms with van der Waals surface area (Å²) in [5, 5.41) is 2.33. The third-order valence-corrected chi connectivity index (χ3v) is 6.55. The standard InChI is InChI=1S/C24H25N3O5S/c1-27-22-7-8-25-15-21(22)20-5-3-16(11-23(20)27)17-4-6-24(26-14-17)32-19-12-18(13-19)30-9-10-31-33(2,28)29/h3-8,11,14-15,18-19H,9-10,12-13H2,1-2H3. The largest absolute Gasteiger partial charge is 0.474 e. The summed E-state index contributed by atoms with van der Waals surface area (Å²) < 4.78 is 40.2. The van der Waals surface area contributed by atoms with E-state index in [2.05, 4.69) is 44.0 Å². The topological polar surface area (TPSA) is 92.5 Å². The molecule has 1 aliphatic carbocycles. The third-order valence-electron chi connectivity index (χ3n) is 5.95. The molecule has 0 amide bonds. The molecule has 0 atom stereocenters. The van der Waals surface area contributed by atoms with Crippen molar-refractivity contribution in [1.82, 2.24) is 14.5 Å². The van der Waals surface area contributed by atoms with Crippen LogP contribution in [0.15, 0.2) is 55.0 Å². The number of nitrogens with zero attached hydrogens (tertiary/aromatic N) is 3. The molecule has 5 rings (SSSR count). The maximum absolute atomic E-state index is 10.9. The fourth-order valence-corrected chi connectivity index (χ4v) is 4.55. The first-order valence-electron chi connectivity index (χ1n) is 10.8. The van der Waals surface area contributed by atoms with Gasteiger partial charge >= 0.3 is 0 Å². The van der Waals surface area contributed by atoms with Crippen molar-refractivity contribution in [3.05, 3.63) is 55.0 Å². The van der Waals surface area contributed by atoms with Crippen LogP contribution in [-0.2, 0) is 26.1 Å². The Balaban J connectivity index is 1.19. The summed E-state index contributed by atoms with van der Waals surface area (Å²) in [6.07, 6.45) is 8.17. The highest BCUT2D eigenvalue weighted by Crippen LogP contribution is 2.32. The molecule has 1 fully saturated rings. The van der Waals surface area contributed by atoms with Gasteiger partial charge in [-0.3, -0.25) is 9.17 Å². The zero-order valence-corrected chi connectivity index (χ0v) is 19.3. The van der Waals surface area contributed by atoms with E-state index in [-0.39, 0.29) is 25.4 Å². The molecule has 1 aliphatic rings. The van der Waals surface area contributed by atoms with E-state index < -0.39 is 10.1 Å². The highest BCUT2D eigenvalue weighted by molar-refractivity contribution is 7.85. The van der Waals surface area contributed by atoms with Gasteiger partial charge in [-0.05, 0) is 23.8 Å². The molecule has 0 N–H and O–H groups in total. The summed E-state index contributed by atoms with van der Waals surface area (Å²) in [5.74, 6) is 0.583. The van der Waals surface area contributed by atoms with E-state index >= 15 is 0 Å². The number of benzene rings is 1. The molecule has 0 bridgehead atoms. The second-order valence-corrected chi connectivity index (χ2v) is 9.94. The van der Waals surface area contributed by atoms with Crippen molar-refractivity contribution in [1.29, 1.82) is 0 Å². The average Bonchev–Trinajstić information content (AvgIpc) is 3.06. The first kappa shape index (κ1) is 21.8. The summed E-state index contributed by atoms with van der Waals surface area (Å²) in [6.45, 7) is 0.278. The average molecular weight is 468 g/mol. The monoisotopic (exact) mass is 467 g/mol. The van der Waals surface area contributed by atoms with Gasteiger partial charge in [0.1, 0.15) is 6.10 Å². The molecule has 8 nitrogen and oxygen atoms in total. The molecule has 3 aromatic heterocycles. The Morgan fingerprint density at radius 2 is 1.79 bits per heavy atom. The van der Waals surface area contributed by atoms with Gasteiger partial charge in [-0.15, -0.1) is 0 Å². The van der Waals surface area contributed by atoms with Crippen LogP contribution in [0.2, 0.25) is 0 Å². The number of rotatable bonds is 8. The lowest BCUT2D eigenvalue weighted by Crippen LogP contribution is -2.40. The number of fused-ring (bicyclic) bond motifs is 3. The number of aromatic nitrogens is 3. The van der Waals surface area contributed by atoms with E-state index in [0.717, 1.165) is 46.6 Å². The first-order valence-corrected chi connectivity index (χ1v) is 12.6. The molecule has 0 unspecified atom stereocenters. The van der Waals surface area contributed by atoms with Crippen LogP contribution < -0.4 is 4.74 Å². The minimum Gasteiger partial charge on any atom is -0.474 e. The number of ether oxygens (including phenoxy) is 2. The molecule has 172 valence electrons. The van der Waals surface area contributed by atoms with Crippen molar-refractivity contribution in [2.75, 3.05) is 19.5 Å². The lowest BCUT2D eigenvalue weighted by atomic mass is 9.92. The van der Waals surface area contributed by atoms with Crippen LogP contribution in [-0.4, -0.2) is 54.6 Å². The Hall–Kier alpha value is -3.01. The molecule has 0 saturated heterocycles. The van der Waals surface area contributed by atoms with Crippen LogP contribution in [0.4, 0.5) is 0 Å². The van der Waals surface area contributed by atoms with Gasteiger partial charge < -0.3 is 14.0 Å². The van der Waals surface area contributed by atoms with E-state index in [1.807, 2.05) is 36.8 Å². The molecule has 0 spiro atoms. The molecule has 4 aromatic rings. The van der Waals surface area contributed by atoms with Gasteiger partial charge in [-0.2, -0.15) is 8.42 Å². The zero-order chi connectivity index (χ0) is 23.0. The van der Waals surface area contributed by atoms with Crippen LogP contribution in [0.5, 0.6) is 5.88 Å². The van der Waals surface area contributed by atoms with Crippen LogP contribution in [0.1, 0.15) is 12.8 Å². The number of pyridine rings is 2. The lowest BCUT2D eigenvalue weighted by Gasteiger charge is -2.34. The van der Waals surface area contributed by atoms with Gasteiger partial charge in [0.05, 0.1) is 31.1 Å². The Morgan fingerprint density at radius 3 is 2.55 bits per heavy atom. The van der Waals surface area contributed by atoms with E-state index in [1.54, 1.807) is 0 Å². The van der Waals surface area contributed by atoms with Crippen LogP contribution in [0.25, 0.3) is 32.9 Å². The van der Waals surface area contributed by atoms with Gasteiger partial charge in [0.25, 0.3) is 10.1 Å². The molecule has 33 heavy (non-hydrogen) atoms. The molecule has 1 aromatic carbocycles. The zero-order valence-electron chi connectivity index (χ0n) is 18.5. The molecular formula is C24H25N3O5S. The summed E-state index contributed by atoms with van der Waals surface area (Å²) in [5.41, 5.74) is 4.42. The van der Waals surface area contributed by atoms with Crippen molar-refractivity contribution in [2.45, 2.75) is 25.0 Å². The third kappa shape index (κ3) is 4.71. The molecule has 3 heterocycles. The SMILES string of the molecule is Cn1c2ccncc2c2ccc(-c3ccc(OC4CC(OCCOS(C)(=O)=O)C4)nc3)cc21. The second-order valence-electron chi connectivity index (χ2n) is 8.30. The predicted octanol–water partition coefficient (Wildman–Crippen LogP) is 3.69. The molecule has 1 saturated carbocycles. The number of hydrogen-bond acceptors (Lipinski definition) is 7. The normalized spacial score (nSPS) is 18.5.